The van der Waals surface area contributed by atoms with E-state index in [4.69, 9.17) is 16.3 Å². The molecule has 0 bridgehead atoms. The summed E-state index contributed by atoms with van der Waals surface area (Å²) in [5.41, 5.74) is 2.66. The maximum absolute atomic E-state index is 14.6. The van der Waals surface area contributed by atoms with E-state index < -0.39 is 35.0 Å². The number of benzene rings is 4. The van der Waals surface area contributed by atoms with Crippen molar-refractivity contribution in [3.8, 4) is 11.5 Å². The first-order valence-corrected chi connectivity index (χ1v) is 17.2. The molecule has 3 fully saturated rings. The highest BCUT2D eigenvalue weighted by Crippen LogP contribution is 2.64. The Hall–Kier alpha value is -5.21. The van der Waals surface area contributed by atoms with Crippen LogP contribution in [0.3, 0.4) is 0 Å². The highest BCUT2D eigenvalue weighted by Gasteiger charge is 2.68. The second-order valence-corrected chi connectivity index (χ2v) is 14.3. The molecule has 6 unspecified atom stereocenters. The number of hydrogen-bond donors (Lipinski definition) is 1. The summed E-state index contributed by atoms with van der Waals surface area (Å²) in [7, 11) is 0. The Morgan fingerprint density at radius 1 is 0.820 bits per heavy atom. The Labute approximate surface area is 294 Å². The van der Waals surface area contributed by atoms with E-state index in [1.54, 1.807) is 61.5 Å². The van der Waals surface area contributed by atoms with Crippen molar-refractivity contribution in [3.05, 3.63) is 130 Å². The molecule has 0 radical (unpaired) electrons. The van der Waals surface area contributed by atoms with Crippen LogP contribution in [-0.2, 0) is 25.8 Å². The van der Waals surface area contributed by atoms with Crippen molar-refractivity contribution in [2.75, 3.05) is 9.80 Å². The molecule has 8 rings (SSSR count). The fourth-order valence-corrected chi connectivity index (χ4v) is 8.93. The molecule has 0 aromatic heterocycles. The number of aromatic hydroxyl groups is 1. The smallest absolute Gasteiger partial charge is 0.241 e. The minimum atomic E-state index is -1.28. The predicted molar refractivity (Wildman–Crippen MR) is 189 cm³/mol. The number of nitrogens with zero attached hydrogens (tertiary/aromatic N) is 2. The van der Waals surface area contributed by atoms with Gasteiger partial charge in [0.2, 0.25) is 23.6 Å². The highest BCUT2D eigenvalue weighted by molar-refractivity contribution is 6.32. The number of phenols is 1. The molecule has 4 aliphatic rings. The molecule has 4 amide bonds. The summed E-state index contributed by atoms with van der Waals surface area (Å²) in [5, 5.41) is 12.1. The molecule has 1 N–H and O–H groups in total. The number of aryl methyl sites for hydroxylation is 1. The Morgan fingerprint density at radius 2 is 1.54 bits per heavy atom. The van der Waals surface area contributed by atoms with Crippen LogP contribution in [0.25, 0.3) is 0 Å². The lowest BCUT2D eigenvalue weighted by molar-refractivity contribution is -0.131. The van der Waals surface area contributed by atoms with Gasteiger partial charge in [-0.05, 0) is 74.1 Å². The third-order valence-corrected chi connectivity index (χ3v) is 11.7. The fraction of sp³-hybridized carbons (Fsp3) is 0.268. The molecule has 9 heteroatoms. The average molecular weight is 687 g/mol. The van der Waals surface area contributed by atoms with Crippen LogP contribution in [0.5, 0.6) is 11.5 Å². The van der Waals surface area contributed by atoms with Gasteiger partial charge in [0.25, 0.3) is 0 Å². The van der Waals surface area contributed by atoms with E-state index in [-0.39, 0.29) is 42.2 Å². The fourth-order valence-electron chi connectivity index (χ4n) is 8.76. The molecule has 2 aliphatic carbocycles. The van der Waals surface area contributed by atoms with Crippen molar-refractivity contribution in [1.82, 2.24) is 0 Å². The first-order chi connectivity index (χ1) is 24.1. The number of allylic oxidation sites excluding steroid dienone is 2. The molecule has 6 atom stereocenters. The number of carbonyl (C=O) groups excluding carboxylic acids is 4. The maximum atomic E-state index is 14.6. The van der Waals surface area contributed by atoms with Crippen molar-refractivity contribution in [3.63, 3.8) is 0 Å². The van der Waals surface area contributed by atoms with E-state index in [1.165, 1.54) is 15.9 Å². The maximum Gasteiger partial charge on any atom is 0.241 e. The minimum Gasteiger partial charge on any atom is -0.508 e. The number of anilines is 2. The van der Waals surface area contributed by atoms with Crippen molar-refractivity contribution in [2.45, 2.75) is 39.2 Å². The number of carbonyl (C=O) groups is 4. The third kappa shape index (κ3) is 4.80. The van der Waals surface area contributed by atoms with E-state index in [0.29, 0.717) is 34.3 Å². The molecule has 0 spiro atoms. The number of imide groups is 2. The quantitative estimate of drug-likeness (QED) is 0.168. The van der Waals surface area contributed by atoms with Gasteiger partial charge in [0.15, 0.2) is 0 Å². The van der Waals surface area contributed by atoms with Crippen molar-refractivity contribution >= 4 is 46.6 Å². The van der Waals surface area contributed by atoms with Crippen LogP contribution in [0.1, 0.15) is 42.4 Å². The largest absolute Gasteiger partial charge is 0.508 e. The number of halogens is 1. The number of hydrogen-bond acceptors (Lipinski definition) is 6. The summed E-state index contributed by atoms with van der Waals surface area (Å²) in [4.78, 5) is 59.8. The van der Waals surface area contributed by atoms with Crippen molar-refractivity contribution < 1.29 is 29.0 Å². The van der Waals surface area contributed by atoms with E-state index in [0.717, 1.165) is 16.7 Å². The van der Waals surface area contributed by atoms with Gasteiger partial charge in [-0.15, -0.1) is 0 Å². The summed E-state index contributed by atoms with van der Waals surface area (Å²) in [6.45, 7) is 3.96. The van der Waals surface area contributed by atoms with Crippen LogP contribution in [0.2, 0.25) is 5.02 Å². The first kappa shape index (κ1) is 32.0. The van der Waals surface area contributed by atoms with Gasteiger partial charge in [0.05, 0.1) is 34.5 Å². The number of para-hydroxylation sites is 1. The molecule has 2 heterocycles. The van der Waals surface area contributed by atoms with Gasteiger partial charge < -0.3 is 9.84 Å². The summed E-state index contributed by atoms with van der Waals surface area (Å²) < 4.78 is 6.00. The second kappa shape index (κ2) is 12.0. The third-order valence-electron chi connectivity index (χ3n) is 11.3. The van der Waals surface area contributed by atoms with Crippen LogP contribution < -0.4 is 14.5 Å². The van der Waals surface area contributed by atoms with Crippen molar-refractivity contribution in [1.29, 1.82) is 0 Å². The molecule has 50 heavy (non-hydrogen) atoms. The number of rotatable bonds is 6. The van der Waals surface area contributed by atoms with Gasteiger partial charge in [0, 0.05) is 22.6 Å². The number of ether oxygens (including phenoxy) is 1. The standard InChI is InChI=1S/C41H35ClN2O6/c1-23-13-14-26(19-33(23)42)43-37(46)30-18-17-28-31(35(30)39(43)48)21-32-38(47)44(25-11-7-4-8-12-25)40(49)41(32,2)36(28)29-16-15-27(20-34(29)45)50-22-24-9-5-3-6-10-24/h3-17,19-20,30-32,35-36,45H,18,21-22H2,1-2H3. The zero-order valence-corrected chi connectivity index (χ0v) is 28.3. The number of amides is 4. The van der Waals surface area contributed by atoms with Crippen molar-refractivity contribution in [2.24, 2.45) is 29.1 Å². The summed E-state index contributed by atoms with van der Waals surface area (Å²) >= 11 is 6.42. The van der Waals surface area contributed by atoms with Crippen LogP contribution >= 0.6 is 11.6 Å². The van der Waals surface area contributed by atoms with Gasteiger partial charge >= 0.3 is 0 Å². The van der Waals surface area contributed by atoms with E-state index in [2.05, 4.69) is 0 Å². The Morgan fingerprint density at radius 3 is 2.24 bits per heavy atom. The zero-order valence-electron chi connectivity index (χ0n) is 27.6. The monoisotopic (exact) mass is 686 g/mol. The molecule has 252 valence electrons. The average Bonchev–Trinajstić information content (AvgIpc) is 3.49. The van der Waals surface area contributed by atoms with Crippen LogP contribution in [0, 0.1) is 36.0 Å². The Balaban J connectivity index is 1.21. The second-order valence-electron chi connectivity index (χ2n) is 13.9. The molecular formula is C41H35ClN2O6. The van der Waals surface area contributed by atoms with Gasteiger partial charge in [-0.2, -0.15) is 0 Å². The van der Waals surface area contributed by atoms with Gasteiger partial charge in [-0.1, -0.05) is 83.9 Å². The van der Waals surface area contributed by atoms with Crippen LogP contribution in [0.15, 0.2) is 109 Å². The summed E-state index contributed by atoms with van der Waals surface area (Å²) in [6.07, 6.45) is 2.48. The topological polar surface area (TPSA) is 104 Å². The predicted octanol–water partition coefficient (Wildman–Crippen LogP) is 7.37. The lowest BCUT2D eigenvalue weighted by Gasteiger charge is -2.49. The van der Waals surface area contributed by atoms with Gasteiger partial charge in [0.1, 0.15) is 18.1 Å². The number of fused-ring (bicyclic) bond motifs is 4. The summed E-state index contributed by atoms with van der Waals surface area (Å²) in [6, 6.07) is 28.7. The molecule has 4 aromatic carbocycles. The summed E-state index contributed by atoms with van der Waals surface area (Å²) in [5.74, 6) is -4.41. The molecule has 2 saturated heterocycles. The molecule has 2 aliphatic heterocycles. The minimum absolute atomic E-state index is 0.0765. The SMILES string of the molecule is Cc1ccc(N2C(=O)C3CC=C4C(CC5C(=O)N(c6ccccc6)C(=O)C5(C)C4c4ccc(OCc5ccccc5)cc4O)C3C2=O)cc1Cl. The van der Waals surface area contributed by atoms with Gasteiger partial charge in [-0.3, -0.25) is 19.2 Å². The van der Waals surface area contributed by atoms with E-state index in [1.807, 2.05) is 49.4 Å². The number of phenolic OH excluding ortho intramolecular Hbond substituents is 1. The first-order valence-electron chi connectivity index (χ1n) is 16.9. The zero-order chi connectivity index (χ0) is 34.9. The molecule has 8 nitrogen and oxygen atoms in total. The molecular weight excluding hydrogens is 652 g/mol. The van der Waals surface area contributed by atoms with Gasteiger partial charge in [-0.25, -0.2) is 9.80 Å². The van der Waals surface area contributed by atoms with Crippen LogP contribution in [-0.4, -0.2) is 28.7 Å². The molecule has 1 saturated carbocycles. The van der Waals surface area contributed by atoms with E-state index in [9.17, 15) is 24.3 Å². The lowest BCUT2D eigenvalue weighted by atomic mass is 9.51. The molecule has 4 aromatic rings. The van der Waals surface area contributed by atoms with Crippen LogP contribution in [0.4, 0.5) is 11.4 Å². The van der Waals surface area contributed by atoms with E-state index >= 15 is 0 Å². The Bertz CT molecular complexity index is 2100. The Kier molecular flexibility index (Phi) is 7.68. The normalized spacial score (nSPS) is 27.2. The lowest BCUT2D eigenvalue weighted by Crippen LogP contribution is -2.48. The highest BCUT2D eigenvalue weighted by atomic mass is 35.5.